The van der Waals surface area contributed by atoms with Gasteiger partial charge in [-0.05, 0) is 13.0 Å². The zero-order valence-electron chi connectivity index (χ0n) is 8.93. The summed E-state index contributed by atoms with van der Waals surface area (Å²) in [6.07, 6.45) is 0.810. The zero-order valence-corrected chi connectivity index (χ0v) is 9.74. The van der Waals surface area contributed by atoms with E-state index >= 15 is 0 Å². The number of para-hydroxylation sites is 1. The lowest BCUT2D eigenvalue weighted by Gasteiger charge is -2.14. The Kier molecular flexibility index (Phi) is 3.71. The maximum absolute atomic E-state index is 11.0. The van der Waals surface area contributed by atoms with Crippen LogP contribution in [0.2, 0.25) is 0 Å². The summed E-state index contributed by atoms with van der Waals surface area (Å²) in [4.78, 5) is 0. The second-order valence-electron chi connectivity index (χ2n) is 3.20. The predicted molar refractivity (Wildman–Crippen MR) is 57.3 cm³/mol. The summed E-state index contributed by atoms with van der Waals surface area (Å²) in [6.45, 7) is 1.82. The van der Waals surface area contributed by atoms with Crippen molar-refractivity contribution < 1.29 is 17.3 Å². The van der Waals surface area contributed by atoms with Crippen LogP contribution in [-0.4, -0.2) is 21.8 Å². The van der Waals surface area contributed by atoms with Crippen LogP contribution >= 0.6 is 0 Å². The molecule has 15 heavy (non-hydrogen) atoms. The van der Waals surface area contributed by atoms with Gasteiger partial charge in [-0.1, -0.05) is 18.2 Å². The Morgan fingerprint density at radius 3 is 2.40 bits per heavy atom. The van der Waals surface area contributed by atoms with Gasteiger partial charge in [0, 0.05) is 12.7 Å². The highest BCUT2D eigenvalue weighted by Gasteiger charge is 2.13. The first kappa shape index (κ1) is 12.0. The Morgan fingerprint density at radius 2 is 1.87 bits per heavy atom. The van der Waals surface area contributed by atoms with Gasteiger partial charge in [-0.3, -0.25) is 0 Å². The van der Waals surface area contributed by atoms with Gasteiger partial charge < -0.3 is 8.92 Å². The van der Waals surface area contributed by atoms with E-state index in [-0.39, 0.29) is 6.10 Å². The molecule has 0 bridgehead atoms. The van der Waals surface area contributed by atoms with Crippen molar-refractivity contribution in [1.82, 2.24) is 0 Å². The van der Waals surface area contributed by atoms with Gasteiger partial charge in [0.25, 0.3) is 0 Å². The van der Waals surface area contributed by atoms with Gasteiger partial charge in [-0.15, -0.1) is 0 Å². The average Bonchev–Trinajstić information content (AvgIpc) is 2.15. The van der Waals surface area contributed by atoms with Crippen molar-refractivity contribution >= 4 is 10.1 Å². The van der Waals surface area contributed by atoms with E-state index in [1.807, 2.05) is 6.92 Å². The van der Waals surface area contributed by atoms with E-state index in [1.54, 1.807) is 31.4 Å². The summed E-state index contributed by atoms with van der Waals surface area (Å²) in [6, 6.07) is 6.90. The molecule has 0 aliphatic carbocycles. The molecule has 0 spiro atoms. The lowest BCUT2D eigenvalue weighted by molar-refractivity contribution is 0.118. The van der Waals surface area contributed by atoms with Crippen molar-refractivity contribution in [3.8, 4) is 5.75 Å². The Hall–Kier alpha value is -1.07. The summed E-state index contributed by atoms with van der Waals surface area (Å²) < 4.78 is 32.0. The summed E-state index contributed by atoms with van der Waals surface area (Å²) in [7, 11) is -1.94. The first-order valence-corrected chi connectivity index (χ1v) is 6.27. The van der Waals surface area contributed by atoms with Gasteiger partial charge in [-0.2, -0.15) is 8.42 Å². The molecule has 4 nitrogen and oxygen atoms in total. The van der Waals surface area contributed by atoms with Crippen molar-refractivity contribution in [2.45, 2.75) is 13.0 Å². The van der Waals surface area contributed by atoms with Crippen molar-refractivity contribution in [1.29, 1.82) is 0 Å². The topological polar surface area (TPSA) is 52.6 Å². The standard InChI is InChI=1S/C10H14O4S/c1-8(13-2)9-6-4-5-7-10(9)14-15(3,11)12/h4-8H,1-3H3. The summed E-state index contributed by atoms with van der Waals surface area (Å²) in [5.41, 5.74) is 0.713. The van der Waals surface area contributed by atoms with Gasteiger partial charge in [-0.25, -0.2) is 0 Å². The number of ether oxygens (including phenoxy) is 1. The third-order valence-electron chi connectivity index (χ3n) is 1.95. The van der Waals surface area contributed by atoms with Crippen molar-refractivity contribution in [3.05, 3.63) is 29.8 Å². The zero-order chi connectivity index (χ0) is 11.5. The summed E-state index contributed by atoms with van der Waals surface area (Å²) in [5, 5.41) is 0. The fourth-order valence-corrected chi connectivity index (χ4v) is 1.66. The summed E-state index contributed by atoms with van der Waals surface area (Å²) >= 11 is 0. The molecule has 1 unspecified atom stereocenters. The molecule has 0 amide bonds. The minimum absolute atomic E-state index is 0.206. The normalized spacial score (nSPS) is 13.5. The smallest absolute Gasteiger partial charge is 0.306 e. The molecule has 0 radical (unpaired) electrons. The van der Waals surface area contributed by atoms with Crippen LogP contribution in [0, 0.1) is 0 Å². The molecule has 0 fully saturated rings. The van der Waals surface area contributed by atoms with Crippen LogP contribution in [-0.2, 0) is 14.9 Å². The van der Waals surface area contributed by atoms with E-state index < -0.39 is 10.1 Å². The minimum atomic E-state index is -3.50. The van der Waals surface area contributed by atoms with Crippen LogP contribution in [0.15, 0.2) is 24.3 Å². The maximum Gasteiger partial charge on any atom is 0.306 e. The predicted octanol–water partition coefficient (Wildman–Crippen LogP) is 1.73. The molecule has 1 atom stereocenters. The monoisotopic (exact) mass is 230 g/mol. The highest BCUT2D eigenvalue weighted by Crippen LogP contribution is 2.27. The third kappa shape index (κ3) is 3.53. The van der Waals surface area contributed by atoms with E-state index in [2.05, 4.69) is 0 Å². The lowest BCUT2D eigenvalue weighted by Crippen LogP contribution is -2.09. The number of hydrogen-bond donors (Lipinski definition) is 0. The third-order valence-corrected chi connectivity index (χ3v) is 2.43. The van der Waals surface area contributed by atoms with Gasteiger partial charge in [0.05, 0.1) is 12.4 Å². The van der Waals surface area contributed by atoms with Crippen molar-refractivity contribution in [3.63, 3.8) is 0 Å². The Morgan fingerprint density at radius 1 is 1.27 bits per heavy atom. The highest BCUT2D eigenvalue weighted by molar-refractivity contribution is 7.86. The molecule has 0 heterocycles. The Bertz CT molecular complexity index is 425. The largest absolute Gasteiger partial charge is 0.382 e. The van der Waals surface area contributed by atoms with Crippen molar-refractivity contribution in [2.75, 3.05) is 13.4 Å². The molecule has 0 N–H and O–H groups in total. The Balaban J connectivity index is 3.07. The molecular weight excluding hydrogens is 216 g/mol. The van der Waals surface area contributed by atoms with Crippen LogP contribution in [0.1, 0.15) is 18.6 Å². The second kappa shape index (κ2) is 4.63. The lowest BCUT2D eigenvalue weighted by atomic mass is 10.1. The van der Waals surface area contributed by atoms with E-state index in [9.17, 15) is 8.42 Å². The van der Waals surface area contributed by atoms with Gasteiger partial charge in [0.2, 0.25) is 0 Å². The van der Waals surface area contributed by atoms with Gasteiger partial charge in [0.1, 0.15) is 5.75 Å². The fraction of sp³-hybridized carbons (Fsp3) is 0.400. The number of benzene rings is 1. The molecule has 0 aliphatic heterocycles. The minimum Gasteiger partial charge on any atom is -0.382 e. The van der Waals surface area contributed by atoms with Crippen LogP contribution < -0.4 is 4.18 Å². The number of methoxy groups -OCH3 is 1. The van der Waals surface area contributed by atoms with Crippen LogP contribution in [0.25, 0.3) is 0 Å². The molecule has 1 aromatic rings. The summed E-state index contributed by atoms with van der Waals surface area (Å²) in [5.74, 6) is 0.314. The van der Waals surface area contributed by atoms with E-state index in [1.165, 1.54) is 0 Å². The molecule has 84 valence electrons. The molecule has 0 saturated heterocycles. The highest BCUT2D eigenvalue weighted by atomic mass is 32.2. The van der Waals surface area contributed by atoms with E-state index in [0.717, 1.165) is 6.26 Å². The van der Waals surface area contributed by atoms with Crippen LogP contribution in [0.3, 0.4) is 0 Å². The molecule has 5 heteroatoms. The molecule has 0 aromatic heterocycles. The van der Waals surface area contributed by atoms with Crippen LogP contribution in [0.5, 0.6) is 5.75 Å². The molecule has 1 rings (SSSR count). The Labute approximate surface area is 90.0 Å². The first-order chi connectivity index (χ1) is 6.94. The quantitative estimate of drug-likeness (QED) is 0.739. The molecule has 0 saturated carbocycles. The van der Waals surface area contributed by atoms with Crippen LogP contribution in [0.4, 0.5) is 0 Å². The van der Waals surface area contributed by atoms with E-state index in [4.69, 9.17) is 8.92 Å². The molecular formula is C10H14O4S. The first-order valence-electron chi connectivity index (χ1n) is 4.45. The average molecular weight is 230 g/mol. The molecule has 0 aliphatic rings. The number of rotatable bonds is 4. The van der Waals surface area contributed by atoms with Gasteiger partial charge >= 0.3 is 10.1 Å². The second-order valence-corrected chi connectivity index (χ2v) is 4.78. The number of hydrogen-bond acceptors (Lipinski definition) is 4. The van der Waals surface area contributed by atoms with Crippen molar-refractivity contribution in [2.24, 2.45) is 0 Å². The maximum atomic E-state index is 11.0. The van der Waals surface area contributed by atoms with Gasteiger partial charge in [0.15, 0.2) is 0 Å². The SMILES string of the molecule is COC(C)c1ccccc1OS(C)(=O)=O. The fourth-order valence-electron chi connectivity index (χ4n) is 1.18. The molecule has 1 aromatic carbocycles. The van der Waals surface area contributed by atoms with E-state index in [0.29, 0.717) is 11.3 Å².